The maximum atomic E-state index is 11.9. The van der Waals surface area contributed by atoms with E-state index in [2.05, 4.69) is 20.8 Å². The molecular weight excluding hydrogens is 228 g/mol. The Kier molecular flexibility index (Phi) is 3.13. The fourth-order valence-corrected chi connectivity index (χ4v) is 2.30. The van der Waals surface area contributed by atoms with Gasteiger partial charge >= 0.3 is 0 Å². The SMILES string of the molecule is O=C(NC1CCCC1)c1ccc(NC2CC2)nn1. The molecule has 2 aliphatic carbocycles. The number of carbonyl (C=O) groups is 1. The monoisotopic (exact) mass is 246 g/mol. The molecule has 2 aliphatic rings. The standard InChI is InChI=1S/C13H18N4O/c18-13(15-9-3-1-2-4-9)11-7-8-12(17-16-11)14-10-5-6-10/h7-10H,1-6H2,(H,14,17)(H,15,18). The molecule has 1 amide bonds. The van der Waals surface area contributed by atoms with Gasteiger partial charge in [0.2, 0.25) is 0 Å². The van der Waals surface area contributed by atoms with Crippen molar-refractivity contribution in [3.63, 3.8) is 0 Å². The Balaban J connectivity index is 1.58. The second-order valence-electron chi connectivity index (χ2n) is 5.18. The fraction of sp³-hybridized carbons (Fsp3) is 0.615. The number of hydrogen-bond donors (Lipinski definition) is 2. The summed E-state index contributed by atoms with van der Waals surface area (Å²) in [6.45, 7) is 0. The molecule has 1 aromatic heterocycles. The summed E-state index contributed by atoms with van der Waals surface area (Å²) < 4.78 is 0. The Labute approximate surface area is 106 Å². The van der Waals surface area contributed by atoms with Gasteiger partial charge in [0.1, 0.15) is 5.82 Å². The minimum atomic E-state index is -0.104. The largest absolute Gasteiger partial charge is 0.366 e. The zero-order chi connectivity index (χ0) is 12.4. The van der Waals surface area contributed by atoms with Gasteiger partial charge in [-0.25, -0.2) is 0 Å². The lowest BCUT2D eigenvalue weighted by atomic mass is 10.2. The molecule has 3 rings (SSSR count). The van der Waals surface area contributed by atoms with E-state index in [0.29, 0.717) is 17.8 Å². The first-order valence-corrected chi connectivity index (χ1v) is 6.72. The van der Waals surface area contributed by atoms with Crippen molar-refractivity contribution in [1.82, 2.24) is 15.5 Å². The number of aromatic nitrogens is 2. The molecule has 2 fully saturated rings. The van der Waals surface area contributed by atoms with Crippen LogP contribution in [0.5, 0.6) is 0 Å². The summed E-state index contributed by atoms with van der Waals surface area (Å²) in [5.74, 6) is 0.655. The Morgan fingerprint density at radius 3 is 2.44 bits per heavy atom. The molecule has 18 heavy (non-hydrogen) atoms. The summed E-state index contributed by atoms with van der Waals surface area (Å²) in [5.41, 5.74) is 0.406. The van der Waals surface area contributed by atoms with Gasteiger partial charge in [0.25, 0.3) is 5.91 Å². The van der Waals surface area contributed by atoms with Gasteiger partial charge in [0.05, 0.1) is 0 Å². The van der Waals surface area contributed by atoms with Crippen LogP contribution in [0.15, 0.2) is 12.1 Å². The van der Waals surface area contributed by atoms with E-state index < -0.39 is 0 Å². The molecule has 0 unspecified atom stereocenters. The van der Waals surface area contributed by atoms with Crippen molar-refractivity contribution < 1.29 is 4.79 Å². The van der Waals surface area contributed by atoms with Gasteiger partial charge < -0.3 is 10.6 Å². The van der Waals surface area contributed by atoms with Crippen LogP contribution in [0, 0.1) is 0 Å². The minimum Gasteiger partial charge on any atom is -0.366 e. The number of anilines is 1. The van der Waals surface area contributed by atoms with Gasteiger partial charge in [0, 0.05) is 12.1 Å². The summed E-state index contributed by atoms with van der Waals surface area (Å²) in [6.07, 6.45) is 6.99. The van der Waals surface area contributed by atoms with Gasteiger partial charge in [-0.3, -0.25) is 4.79 Å². The molecule has 0 radical (unpaired) electrons. The van der Waals surface area contributed by atoms with E-state index in [0.717, 1.165) is 18.7 Å². The molecule has 96 valence electrons. The Bertz CT molecular complexity index is 421. The highest BCUT2D eigenvalue weighted by molar-refractivity contribution is 5.92. The Morgan fingerprint density at radius 2 is 1.83 bits per heavy atom. The van der Waals surface area contributed by atoms with Crippen LogP contribution in [0.25, 0.3) is 0 Å². The lowest BCUT2D eigenvalue weighted by Gasteiger charge is -2.11. The van der Waals surface area contributed by atoms with Gasteiger partial charge in [0.15, 0.2) is 5.69 Å². The van der Waals surface area contributed by atoms with Crippen LogP contribution in [0.3, 0.4) is 0 Å². The second-order valence-corrected chi connectivity index (χ2v) is 5.18. The van der Waals surface area contributed by atoms with Crippen molar-refractivity contribution in [2.24, 2.45) is 0 Å². The minimum absolute atomic E-state index is 0.104. The molecular formula is C13H18N4O. The molecule has 0 aromatic carbocycles. The molecule has 0 aliphatic heterocycles. The molecule has 2 saturated carbocycles. The second kappa shape index (κ2) is 4.92. The third-order valence-corrected chi connectivity index (χ3v) is 3.52. The highest BCUT2D eigenvalue weighted by Gasteiger charge is 2.22. The molecule has 5 nitrogen and oxygen atoms in total. The first-order valence-electron chi connectivity index (χ1n) is 6.72. The third kappa shape index (κ3) is 2.78. The fourth-order valence-electron chi connectivity index (χ4n) is 2.30. The molecule has 0 spiro atoms. The summed E-state index contributed by atoms with van der Waals surface area (Å²) >= 11 is 0. The highest BCUT2D eigenvalue weighted by atomic mass is 16.2. The average molecular weight is 246 g/mol. The summed E-state index contributed by atoms with van der Waals surface area (Å²) in [4.78, 5) is 11.9. The van der Waals surface area contributed by atoms with E-state index in [-0.39, 0.29) is 5.91 Å². The van der Waals surface area contributed by atoms with E-state index in [1.807, 2.05) is 6.07 Å². The Hall–Kier alpha value is -1.65. The molecule has 1 aromatic rings. The van der Waals surface area contributed by atoms with Crippen LogP contribution in [0.2, 0.25) is 0 Å². The van der Waals surface area contributed by atoms with Crippen molar-refractivity contribution in [1.29, 1.82) is 0 Å². The number of amides is 1. The average Bonchev–Trinajstić information content (AvgIpc) is 3.04. The predicted octanol–water partition coefficient (Wildman–Crippen LogP) is 1.72. The van der Waals surface area contributed by atoms with Crippen LogP contribution in [0.1, 0.15) is 49.0 Å². The quantitative estimate of drug-likeness (QED) is 0.849. The van der Waals surface area contributed by atoms with Crippen LogP contribution >= 0.6 is 0 Å². The van der Waals surface area contributed by atoms with E-state index in [1.165, 1.54) is 25.7 Å². The van der Waals surface area contributed by atoms with Gasteiger partial charge in [-0.15, -0.1) is 10.2 Å². The predicted molar refractivity (Wildman–Crippen MR) is 68.4 cm³/mol. The van der Waals surface area contributed by atoms with E-state index in [4.69, 9.17) is 0 Å². The van der Waals surface area contributed by atoms with Crippen molar-refractivity contribution >= 4 is 11.7 Å². The molecule has 0 saturated heterocycles. The Morgan fingerprint density at radius 1 is 1.06 bits per heavy atom. The van der Waals surface area contributed by atoms with Crippen LogP contribution < -0.4 is 10.6 Å². The maximum absolute atomic E-state index is 11.9. The van der Waals surface area contributed by atoms with Crippen molar-refractivity contribution in [2.45, 2.75) is 50.6 Å². The first kappa shape index (κ1) is 11.4. The first-order chi connectivity index (χ1) is 8.81. The zero-order valence-corrected chi connectivity index (χ0v) is 10.4. The number of hydrogen-bond acceptors (Lipinski definition) is 4. The summed E-state index contributed by atoms with van der Waals surface area (Å²) in [6, 6.07) is 4.44. The lowest BCUT2D eigenvalue weighted by molar-refractivity contribution is 0.0932. The lowest BCUT2D eigenvalue weighted by Crippen LogP contribution is -2.33. The van der Waals surface area contributed by atoms with Crippen molar-refractivity contribution in [3.05, 3.63) is 17.8 Å². The third-order valence-electron chi connectivity index (χ3n) is 3.52. The normalized spacial score (nSPS) is 19.8. The van der Waals surface area contributed by atoms with Gasteiger partial charge in [-0.1, -0.05) is 12.8 Å². The molecule has 2 N–H and O–H groups in total. The van der Waals surface area contributed by atoms with E-state index in [9.17, 15) is 4.79 Å². The summed E-state index contributed by atoms with van der Waals surface area (Å²) in [7, 11) is 0. The number of carbonyl (C=O) groups excluding carboxylic acids is 1. The molecule has 0 bridgehead atoms. The molecule has 1 heterocycles. The summed E-state index contributed by atoms with van der Waals surface area (Å²) in [5, 5.41) is 14.3. The van der Waals surface area contributed by atoms with Gasteiger partial charge in [-0.2, -0.15) is 0 Å². The van der Waals surface area contributed by atoms with Crippen molar-refractivity contribution in [3.8, 4) is 0 Å². The molecule has 0 atom stereocenters. The highest BCUT2D eigenvalue weighted by Crippen LogP contribution is 2.23. The molecule has 5 heteroatoms. The van der Waals surface area contributed by atoms with Gasteiger partial charge in [-0.05, 0) is 37.8 Å². The zero-order valence-electron chi connectivity index (χ0n) is 10.4. The van der Waals surface area contributed by atoms with E-state index >= 15 is 0 Å². The number of rotatable bonds is 4. The van der Waals surface area contributed by atoms with Crippen LogP contribution in [-0.4, -0.2) is 28.2 Å². The van der Waals surface area contributed by atoms with Crippen LogP contribution in [-0.2, 0) is 0 Å². The topological polar surface area (TPSA) is 66.9 Å². The maximum Gasteiger partial charge on any atom is 0.272 e. The van der Waals surface area contributed by atoms with Crippen molar-refractivity contribution in [2.75, 3.05) is 5.32 Å². The smallest absolute Gasteiger partial charge is 0.272 e. The van der Waals surface area contributed by atoms with Crippen LogP contribution in [0.4, 0.5) is 5.82 Å². The number of nitrogens with zero attached hydrogens (tertiary/aromatic N) is 2. The number of nitrogens with one attached hydrogen (secondary N) is 2. The van der Waals surface area contributed by atoms with E-state index in [1.54, 1.807) is 6.07 Å².